The first-order chi connectivity index (χ1) is 7.61. The smallest absolute Gasteiger partial charge is 0.0351 e. The molecule has 84 valence electrons. The lowest BCUT2D eigenvalue weighted by molar-refractivity contribution is 1.33. The van der Waals surface area contributed by atoms with Gasteiger partial charge in [0.25, 0.3) is 0 Å². The predicted octanol–water partition coefficient (Wildman–Crippen LogP) is 4.77. The topological polar surface area (TPSA) is 0 Å². The van der Waals surface area contributed by atoms with Crippen LogP contribution in [0.4, 0.5) is 0 Å². The molecule has 0 aliphatic rings. The van der Waals surface area contributed by atoms with Crippen LogP contribution in [0.15, 0.2) is 24.3 Å². The summed E-state index contributed by atoms with van der Waals surface area (Å²) in [6.07, 6.45) is 0. The standard InChI is InChI=1S/C14H16S2/c1-9-6-10(2)14(11(3)7-9)13-5-4-12(8-15)16-13/h4-7,15H,8H2,1-3H3. The fourth-order valence-electron chi connectivity index (χ4n) is 2.17. The fourth-order valence-corrected chi connectivity index (χ4v) is 3.51. The minimum absolute atomic E-state index is 0.828. The van der Waals surface area contributed by atoms with E-state index in [1.54, 1.807) is 0 Å². The number of hydrogen-bond donors (Lipinski definition) is 1. The van der Waals surface area contributed by atoms with Crippen LogP contribution < -0.4 is 0 Å². The van der Waals surface area contributed by atoms with Gasteiger partial charge in [-0.05, 0) is 49.6 Å². The van der Waals surface area contributed by atoms with Crippen LogP contribution in [0.5, 0.6) is 0 Å². The van der Waals surface area contributed by atoms with Crippen LogP contribution in [-0.2, 0) is 5.75 Å². The molecule has 0 unspecified atom stereocenters. The van der Waals surface area contributed by atoms with Crippen LogP contribution >= 0.6 is 24.0 Å². The van der Waals surface area contributed by atoms with Crippen molar-refractivity contribution in [2.24, 2.45) is 0 Å². The maximum Gasteiger partial charge on any atom is 0.0351 e. The van der Waals surface area contributed by atoms with E-state index in [0.717, 1.165) is 5.75 Å². The van der Waals surface area contributed by atoms with Crippen molar-refractivity contribution < 1.29 is 0 Å². The second-order valence-corrected chi connectivity index (χ2v) is 5.68. The average molecular weight is 248 g/mol. The van der Waals surface area contributed by atoms with Crippen molar-refractivity contribution in [3.63, 3.8) is 0 Å². The Morgan fingerprint density at radius 3 is 2.19 bits per heavy atom. The van der Waals surface area contributed by atoms with Gasteiger partial charge >= 0.3 is 0 Å². The Labute approximate surface area is 107 Å². The molecule has 0 aliphatic carbocycles. The van der Waals surface area contributed by atoms with Crippen molar-refractivity contribution in [1.29, 1.82) is 0 Å². The number of rotatable bonds is 2. The number of aryl methyl sites for hydroxylation is 3. The summed E-state index contributed by atoms with van der Waals surface area (Å²) in [5, 5.41) is 0. The van der Waals surface area contributed by atoms with E-state index in [1.165, 1.54) is 32.0 Å². The first-order valence-corrected chi connectivity index (χ1v) is 6.84. The molecular formula is C14H16S2. The van der Waals surface area contributed by atoms with Crippen LogP contribution in [0.1, 0.15) is 21.6 Å². The predicted molar refractivity (Wildman–Crippen MR) is 76.7 cm³/mol. The number of hydrogen-bond acceptors (Lipinski definition) is 2. The summed E-state index contributed by atoms with van der Waals surface area (Å²) in [5.74, 6) is 0.828. The molecule has 0 amide bonds. The van der Waals surface area contributed by atoms with Crippen LogP contribution in [0, 0.1) is 20.8 Å². The molecule has 2 heteroatoms. The maximum atomic E-state index is 4.31. The van der Waals surface area contributed by atoms with Gasteiger partial charge in [0.05, 0.1) is 0 Å². The van der Waals surface area contributed by atoms with Gasteiger partial charge in [0.2, 0.25) is 0 Å². The van der Waals surface area contributed by atoms with Gasteiger partial charge in [-0.1, -0.05) is 17.7 Å². The molecule has 0 saturated carbocycles. The summed E-state index contributed by atoms with van der Waals surface area (Å²) in [4.78, 5) is 2.69. The van der Waals surface area contributed by atoms with E-state index in [4.69, 9.17) is 0 Å². The minimum atomic E-state index is 0.828. The molecule has 1 aromatic heterocycles. The van der Waals surface area contributed by atoms with E-state index in [2.05, 4.69) is 57.7 Å². The molecule has 1 heterocycles. The zero-order chi connectivity index (χ0) is 11.7. The van der Waals surface area contributed by atoms with Gasteiger partial charge in [-0.15, -0.1) is 11.3 Å². The van der Waals surface area contributed by atoms with Crippen molar-refractivity contribution in [1.82, 2.24) is 0 Å². The lowest BCUT2D eigenvalue weighted by Crippen LogP contribution is -1.87. The summed E-state index contributed by atoms with van der Waals surface area (Å²) in [5.41, 5.74) is 5.46. The summed E-state index contributed by atoms with van der Waals surface area (Å²) >= 11 is 6.16. The molecule has 0 fully saturated rings. The highest BCUT2D eigenvalue weighted by Gasteiger charge is 2.08. The summed E-state index contributed by atoms with van der Waals surface area (Å²) < 4.78 is 0. The zero-order valence-electron chi connectivity index (χ0n) is 9.87. The molecule has 0 bridgehead atoms. The Kier molecular flexibility index (Phi) is 3.41. The fraction of sp³-hybridized carbons (Fsp3) is 0.286. The molecule has 2 rings (SSSR count). The molecule has 2 aromatic rings. The van der Waals surface area contributed by atoms with Crippen LogP contribution in [0.3, 0.4) is 0 Å². The highest BCUT2D eigenvalue weighted by Crippen LogP contribution is 2.34. The largest absolute Gasteiger partial charge is 0.174 e. The molecule has 0 N–H and O–H groups in total. The van der Waals surface area contributed by atoms with Crippen molar-refractivity contribution in [2.75, 3.05) is 0 Å². The highest BCUT2D eigenvalue weighted by molar-refractivity contribution is 7.79. The van der Waals surface area contributed by atoms with Gasteiger partial charge in [-0.25, -0.2) is 0 Å². The third-order valence-corrected chi connectivity index (χ3v) is 4.40. The average Bonchev–Trinajstić information content (AvgIpc) is 2.64. The first kappa shape index (κ1) is 11.7. The Balaban J connectivity index is 2.55. The van der Waals surface area contributed by atoms with Gasteiger partial charge in [0.15, 0.2) is 0 Å². The monoisotopic (exact) mass is 248 g/mol. The van der Waals surface area contributed by atoms with E-state index in [1.807, 2.05) is 11.3 Å². The molecule has 1 aromatic carbocycles. The van der Waals surface area contributed by atoms with E-state index in [0.29, 0.717) is 0 Å². The highest BCUT2D eigenvalue weighted by atomic mass is 32.1. The molecule has 0 aliphatic heterocycles. The summed E-state index contributed by atoms with van der Waals surface area (Å²) in [7, 11) is 0. The van der Waals surface area contributed by atoms with Gasteiger partial charge in [0.1, 0.15) is 0 Å². The molecular weight excluding hydrogens is 232 g/mol. The minimum Gasteiger partial charge on any atom is -0.174 e. The molecule has 0 saturated heterocycles. The molecule has 0 atom stereocenters. The van der Waals surface area contributed by atoms with Crippen molar-refractivity contribution in [3.05, 3.63) is 45.8 Å². The second kappa shape index (κ2) is 4.64. The molecule has 0 radical (unpaired) electrons. The Bertz CT molecular complexity index is 486. The van der Waals surface area contributed by atoms with E-state index in [9.17, 15) is 0 Å². The van der Waals surface area contributed by atoms with Crippen molar-refractivity contribution >= 4 is 24.0 Å². The Hall–Kier alpha value is -0.730. The summed E-state index contributed by atoms with van der Waals surface area (Å²) in [6, 6.07) is 8.89. The third kappa shape index (κ3) is 2.18. The maximum absolute atomic E-state index is 4.31. The lowest BCUT2D eigenvalue weighted by Gasteiger charge is -2.09. The van der Waals surface area contributed by atoms with Gasteiger partial charge in [-0.2, -0.15) is 12.6 Å². The number of benzene rings is 1. The SMILES string of the molecule is Cc1cc(C)c(-c2ccc(CS)s2)c(C)c1. The van der Waals surface area contributed by atoms with Crippen LogP contribution in [0.25, 0.3) is 10.4 Å². The summed E-state index contributed by atoms with van der Waals surface area (Å²) in [6.45, 7) is 6.53. The molecule has 16 heavy (non-hydrogen) atoms. The van der Waals surface area contributed by atoms with Gasteiger partial charge in [-0.3, -0.25) is 0 Å². The van der Waals surface area contributed by atoms with Crippen molar-refractivity contribution in [3.8, 4) is 10.4 Å². The Morgan fingerprint density at radius 2 is 1.69 bits per heavy atom. The van der Waals surface area contributed by atoms with E-state index >= 15 is 0 Å². The van der Waals surface area contributed by atoms with E-state index < -0.39 is 0 Å². The zero-order valence-corrected chi connectivity index (χ0v) is 11.6. The van der Waals surface area contributed by atoms with E-state index in [-0.39, 0.29) is 0 Å². The quantitative estimate of drug-likeness (QED) is 0.727. The van der Waals surface area contributed by atoms with Gasteiger partial charge in [0, 0.05) is 15.5 Å². The van der Waals surface area contributed by atoms with Crippen LogP contribution in [-0.4, -0.2) is 0 Å². The number of thiol groups is 1. The molecule has 0 nitrogen and oxygen atoms in total. The van der Waals surface area contributed by atoms with Gasteiger partial charge < -0.3 is 0 Å². The first-order valence-electron chi connectivity index (χ1n) is 5.39. The second-order valence-electron chi connectivity index (χ2n) is 4.20. The number of thiophene rings is 1. The van der Waals surface area contributed by atoms with Crippen molar-refractivity contribution in [2.45, 2.75) is 26.5 Å². The Morgan fingerprint density at radius 1 is 1.06 bits per heavy atom. The van der Waals surface area contributed by atoms with Crippen LogP contribution in [0.2, 0.25) is 0 Å². The normalized spacial score (nSPS) is 10.8. The molecule has 0 spiro atoms. The lowest BCUT2D eigenvalue weighted by atomic mass is 9.99. The third-order valence-electron chi connectivity index (χ3n) is 2.74.